The summed E-state index contributed by atoms with van der Waals surface area (Å²) in [6.45, 7) is 18.2. The molecule has 2 aliphatic rings. The molecule has 0 amide bonds. The summed E-state index contributed by atoms with van der Waals surface area (Å²) < 4.78 is 0. The number of allylic oxidation sites excluding steroid dienone is 1. The minimum absolute atomic E-state index is 0.0895. The van der Waals surface area contributed by atoms with Crippen LogP contribution >= 0.6 is 0 Å². The van der Waals surface area contributed by atoms with Gasteiger partial charge in [0.25, 0.3) is 0 Å². The first kappa shape index (κ1) is 26.4. The Morgan fingerprint density at radius 1 is 0.579 bits per heavy atom. The number of nitrogens with zero attached hydrogens (tertiary/aromatic N) is 2. The van der Waals surface area contributed by atoms with Gasteiger partial charge in [-0.3, -0.25) is 9.98 Å². The van der Waals surface area contributed by atoms with Crippen molar-refractivity contribution in [2.45, 2.75) is 91.4 Å². The molecule has 0 heterocycles. The zero-order valence-electron chi connectivity index (χ0n) is 24.3. The molecule has 2 nitrogen and oxygen atoms in total. The predicted molar refractivity (Wildman–Crippen MR) is 165 cm³/mol. The van der Waals surface area contributed by atoms with Crippen LogP contribution < -0.4 is 0 Å². The third-order valence-corrected chi connectivity index (χ3v) is 8.13. The number of rotatable bonds is 6. The van der Waals surface area contributed by atoms with Gasteiger partial charge in [0.15, 0.2) is 0 Å². The van der Waals surface area contributed by atoms with Crippen LogP contribution in [0.4, 0.5) is 11.4 Å². The van der Waals surface area contributed by atoms with Crippen molar-refractivity contribution in [1.82, 2.24) is 0 Å². The molecule has 2 aliphatic carbocycles. The van der Waals surface area contributed by atoms with Crippen LogP contribution in [0.25, 0.3) is 6.08 Å². The molecule has 196 valence electrons. The lowest BCUT2D eigenvalue weighted by Gasteiger charge is -2.23. The number of hydrogen-bond acceptors (Lipinski definition) is 2. The third kappa shape index (κ3) is 4.70. The third-order valence-electron chi connectivity index (χ3n) is 8.13. The van der Waals surface area contributed by atoms with Gasteiger partial charge in [0.1, 0.15) is 0 Å². The van der Waals surface area contributed by atoms with E-state index in [1.54, 1.807) is 0 Å². The average Bonchev–Trinajstić information content (AvgIpc) is 3.25. The predicted octanol–water partition coefficient (Wildman–Crippen LogP) is 10.4. The highest BCUT2D eigenvalue weighted by atomic mass is 14.8. The first-order valence-electron chi connectivity index (χ1n) is 14.4. The Hall–Kier alpha value is -3.26. The summed E-state index contributed by atoms with van der Waals surface area (Å²) in [5.41, 5.74) is 14.0. The molecule has 3 aromatic carbocycles. The lowest BCUT2D eigenvalue weighted by molar-refractivity contribution is 0.834. The summed E-state index contributed by atoms with van der Waals surface area (Å²) in [5.74, 6) is 1.74. The molecule has 1 atom stereocenters. The van der Waals surface area contributed by atoms with E-state index in [-0.39, 0.29) is 5.92 Å². The Morgan fingerprint density at radius 3 is 1.55 bits per heavy atom. The molecule has 0 radical (unpaired) electrons. The smallest absolute Gasteiger partial charge is 0.0702 e. The van der Waals surface area contributed by atoms with Gasteiger partial charge >= 0.3 is 0 Å². The van der Waals surface area contributed by atoms with E-state index in [1.807, 2.05) is 0 Å². The molecule has 1 unspecified atom stereocenters. The second kappa shape index (κ2) is 10.5. The van der Waals surface area contributed by atoms with Gasteiger partial charge in [-0.05, 0) is 68.7 Å². The highest BCUT2D eigenvalue weighted by Gasteiger charge is 2.36. The maximum Gasteiger partial charge on any atom is 0.0702 e. The average molecular weight is 503 g/mol. The van der Waals surface area contributed by atoms with E-state index in [0.29, 0.717) is 23.7 Å². The molecular formula is C36H42N2. The van der Waals surface area contributed by atoms with Gasteiger partial charge in [-0.25, -0.2) is 0 Å². The molecule has 5 rings (SSSR count). The van der Waals surface area contributed by atoms with Crippen molar-refractivity contribution in [1.29, 1.82) is 0 Å². The monoisotopic (exact) mass is 502 g/mol. The molecule has 0 saturated carbocycles. The summed E-state index contributed by atoms with van der Waals surface area (Å²) >= 11 is 0. The van der Waals surface area contributed by atoms with Gasteiger partial charge in [-0.1, -0.05) is 116 Å². The molecule has 0 spiro atoms. The van der Waals surface area contributed by atoms with Gasteiger partial charge in [-0.2, -0.15) is 0 Å². The topological polar surface area (TPSA) is 24.7 Å². The van der Waals surface area contributed by atoms with Crippen molar-refractivity contribution >= 4 is 28.9 Å². The SMILES string of the molecule is CC(C)c1cccc(C(C)C)c1N=C1C=Cc2cccc3c2C1C(=Nc1c(C(C)C)cccc1C(C)C)C3. The van der Waals surface area contributed by atoms with E-state index in [1.165, 1.54) is 50.3 Å². The zero-order chi connectivity index (χ0) is 27.1. The van der Waals surface area contributed by atoms with Crippen LogP contribution in [0.15, 0.2) is 70.7 Å². The maximum absolute atomic E-state index is 5.55. The van der Waals surface area contributed by atoms with E-state index in [4.69, 9.17) is 9.98 Å². The Morgan fingerprint density at radius 2 is 1.05 bits per heavy atom. The number of benzene rings is 3. The Kier molecular flexibility index (Phi) is 7.27. The quantitative estimate of drug-likeness (QED) is 0.320. The van der Waals surface area contributed by atoms with Crippen molar-refractivity contribution in [3.8, 4) is 0 Å². The maximum atomic E-state index is 5.55. The van der Waals surface area contributed by atoms with Crippen LogP contribution in [0.3, 0.4) is 0 Å². The molecule has 38 heavy (non-hydrogen) atoms. The molecular weight excluding hydrogens is 460 g/mol. The van der Waals surface area contributed by atoms with Gasteiger partial charge in [-0.15, -0.1) is 0 Å². The van der Waals surface area contributed by atoms with Crippen LogP contribution in [0, 0.1) is 0 Å². The van der Waals surface area contributed by atoms with E-state index >= 15 is 0 Å². The van der Waals surface area contributed by atoms with Gasteiger partial charge in [0.05, 0.1) is 23.0 Å². The fraction of sp³-hybridized carbons (Fsp3) is 0.389. The molecule has 0 fully saturated rings. The van der Waals surface area contributed by atoms with Crippen molar-refractivity contribution in [3.05, 3.63) is 99.6 Å². The van der Waals surface area contributed by atoms with E-state index < -0.39 is 0 Å². The molecule has 3 aromatic rings. The van der Waals surface area contributed by atoms with Crippen molar-refractivity contribution in [2.75, 3.05) is 0 Å². The zero-order valence-corrected chi connectivity index (χ0v) is 24.3. The molecule has 0 aliphatic heterocycles. The summed E-state index contributed by atoms with van der Waals surface area (Å²) in [6.07, 6.45) is 5.38. The van der Waals surface area contributed by atoms with Crippen LogP contribution in [0.2, 0.25) is 0 Å². The second-order valence-electron chi connectivity index (χ2n) is 12.2. The standard InChI is InChI=1S/C36H42N2/c1-21(2)27-14-10-15-28(22(3)4)35(27)37-31-19-18-25-12-9-13-26-20-32(34(31)33(25)26)38-36-29(23(5)6)16-11-17-30(36)24(7)8/h9-19,21-24,34H,20H2,1-8H3. The summed E-state index contributed by atoms with van der Waals surface area (Å²) in [6, 6.07) is 20.1. The Balaban J connectivity index is 1.74. The first-order valence-corrected chi connectivity index (χ1v) is 14.4. The number of aliphatic imine (C=N–C) groups is 2. The minimum Gasteiger partial charge on any atom is -0.256 e. The Bertz CT molecular complexity index is 1390. The van der Waals surface area contributed by atoms with E-state index in [2.05, 4.69) is 122 Å². The molecule has 0 N–H and O–H groups in total. The molecule has 0 aromatic heterocycles. The minimum atomic E-state index is 0.0895. The van der Waals surface area contributed by atoms with Crippen LogP contribution in [-0.4, -0.2) is 11.4 Å². The van der Waals surface area contributed by atoms with Gasteiger partial charge < -0.3 is 0 Å². The summed E-state index contributed by atoms with van der Waals surface area (Å²) in [4.78, 5) is 11.1. The highest BCUT2D eigenvalue weighted by Crippen LogP contribution is 2.44. The van der Waals surface area contributed by atoms with Crippen LogP contribution in [0.1, 0.15) is 124 Å². The van der Waals surface area contributed by atoms with Crippen molar-refractivity contribution in [3.63, 3.8) is 0 Å². The fourth-order valence-corrected chi connectivity index (χ4v) is 6.10. The van der Waals surface area contributed by atoms with Crippen molar-refractivity contribution < 1.29 is 0 Å². The lowest BCUT2D eigenvalue weighted by atomic mass is 9.85. The van der Waals surface area contributed by atoms with Crippen LogP contribution in [0.5, 0.6) is 0 Å². The highest BCUT2D eigenvalue weighted by molar-refractivity contribution is 6.23. The Labute approximate surface area is 229 Å². The lowest BCUT2D eigenvalue weighted by Crippen LogP contribution is -2.20. The largest absolute Gasteiger partial charge is 0.256 e. The summed E-state index contributed by atoms with van der Waals surface area (Å²) in [7, 11) is 0. The summed E-state index contributed by atoms with van der Waals surface area (Å²) in [5, 5.41) is 0. The van der Waals surface area contributed by atoms with E-state index in [9.17, 15) is 0 Å². The van der Waals surface area contributed by atoms with Gasteiger partial charge in [0, 0.05) is 12.1 Å². The fourth-order valence-electron chi connectivity index (χ4n) is 6.10. The second-order valence-corrected chi connectivity index (χ2v) is 12.2. The normalized spacial score (nSPS) is 18.6. The van der Waals surface area contributed by atoms with Crippen molar-refractivity contribution in [2.24, 2.45) is 9.98 Å². The first-order chi connectivity index (χ1) is 18.2. The molecule has 2 heteroatoms. The molecule has 0 bridgehead atoms. The van der Waals surface area contributed by atoms with Crippen LogP contribution in [-0.2, 0) is 6.42 Å². The number of hydrogen-bond donors (Lipinski definition) is 0. The molecule has 0 saturated heterocycles. The van der Waals surface area contributed by atoms with E-state index in [0.717, 1.165) is 17.8 Å². The van der Waals surface area contributed by atoms with Gasteiger partial charge in [0.2, 0.25) is 0 Å². The number of para-hydroxylation sites is 2.